The molecule has 5 aromatic rings. The van der Waals surface area contributed by atoms with Gasteiger partial charge in [-0.05, 0) is 31.2 Å². The van der Waals surface area contributed by atoms with Gasteiger partial charge in [-0.3, -0.25) is 9.78 Å². The number of nitrogens with one attached hydrogen (secondary N) is 1. The summed E-state index contributed by atoms with van der Waals surface area (Å²) in [6, 6.07) is 21.5. The maximum Gasteiger partial charge on any atom is 0.259 e. The van der Waals surface area contributed by atoms with Gasteiger partial charge in [-0.15, -0.1) is 5.10 Å². The molecule has 0 aliphatic carbocycles. The third-order valence-electron chi connectivity index (χ3n) is 6.54. The lowest BCUT2D eigenvalue weighted by Gasteiger charge is -2.13. The average molecular weight is 499 g/mol. The van der Waals surface area contributed by atoms with E-state index in [9.17, 15) is 4.79 Å². The molecular weight excluding hydrogens is 474 g/mol. The number of rotatable bonds is 4. The lowest BCUT2D eigenvalue weighted by atomic mass is 10.0. The number of hydrogen-bond donors (Lipinski definition) is 2. The molecule has 0 saturated carbocycles. The Labute approximate surface area is 219 Å². The van der Waals surface area contributed by atoms with E-state index in [1.807, 2.05) is 49.4 Å². The first-order chi connectivity index (χ1) is 18.6. The number of aromatic nitrogens is 4. The molecule has 8 nitrogen and oxygen atoms in total. The van der Waals surface area contributed by atoms with Crippen LogP contribution in [0.5, 0.6) is 0 Å². The maximum absolute atomic E-state index is 13.4. The lowest BCUT2D eigenvalue weighted by molar-refractivity contribution is 0.0951. The number of anilines is 1. The minimum absolute atomic E-state index is 0.140. The predicted molar refractivity (Wildman–Crippen MR) is 148 cm³/mol. The number of benzene rings is 2. The molecule has 1 aliphatic heterocycles. The molecule has 38 heavy (non-hydrogen) atoms. The van der Waals surface area contributed by atoms with Crippen molar-refractivity contribution in [2.75, 3.05) is 5.73 Å². The molecule has 1 aliphatic rings. The van der Waals surface area contributed by atoms with Crippen molar-refractivity contribution in [3.05, 3.63) is 114 Å². The molecule has 4 heterocycles. The Bertz CT molecular complexity index is 1760. The highest BCUT2D eigenvalue weighted by atomic mass is 16.1. The molecule has 0 unspecified atom stereocenters. The van der Waals surface area contributed by atoms with Gasteiger partial charge in [0.1, 0.15) is 11.6 Å². The van der Waals surface area contributed by atoms with Crippen LogP contribution < -0.4 is 15.6 Å². The zero-order valence-corrected chi connectivity index (χ0v) is 20.7. The highest BCUT2D eigenvalue weighted by Gasteiger charge is 2.37. The molecule has 3 N–H and O–H groups in total. The normalized spacial score (nSPS) is 13.1. The van der Waals surface area contributed by atoms with Gasteiger partial charge in [0.25, 0.3) is 5.91 Å². The zero-order chi connectivity index (χ0) is 26.1. The summed E-state index contributed by atoms with van der Waals surface area (Å²) in [6.45, 7) is 1.98. The van der Waals surface area contributed by atoms with E-state index >= 15 is 0 Å². The summed E-state index contributed by atoms with van der Waals surface area (Å²) in [7, 11) is 0. The van der Waals surface area contributed by atoms with Crippen molar-refractivity contribution in [2.45, 2.75) is 19.4 Å². The SMILES string of the molecule is C[C@H](NC(=O)c1c(N)nn2cccnc12)C1=[N+](c2ccccc2)c2c(C#Cc3ccncc3)cccc2C1. The number of amides is 1. The molecule has 0 bridgehead atoms. The molecule has 184 valence electrons. The third kappa shape index (κ3) is 4.16. The van der Waals surface area contributed by atoms with Crippen molar-refractivity contribution < 1.29 is 4.79 Å². The first-order valence-corrected chi connectivity index (χ1v) is 12.2. The van der Waals surface area contributed by atoms with Gasteiger partial charge in [0.05, 0.1) is 12.0 Å². The predicted octanol–water partition coefficient (Wildman–Crippen LogP) is 3.76. The number of nitrogen functional groups attached to an aromatic ring is 1. The molecule has 1 amide bonds. The van der Waals surface area contributed by atoms with E-state index in [1.165, 1.54) is 4.52 Å². The second-order valence-electron chi connectivity index (χ2n) is 8.98. The van der Waals surface area contributed by atoms with Crippen LogP contribution in [0.3, 0.4) is 0 Å². The zero-order valence-electron chi connectivity index (χ0n) is 20.7. The average Bonchev–Trinajstić information content (AvgIpc) is 3.50. The quantitative estimate of drug-likeness (QED) is 0.290. The van der Waals surface area contributed by atoms with E-state index in [2.05, 4.69) is 55.0 Å². The Morgan fingerprint density at radius 1 is 1.03 bits per heavy atom. The van der Waals surface area contributed by atoms with Gasteiger partial charge in [-0.25, -0.2) is 9.50 Å². The summed E-state index contributed by atoms with van der Waals surface area (Å²) in [5, 5.41) is 7.36. The first kappa shape index (κ1) is 23.1. The standard InChI is InChI=1S/C30H23N7O/c1-20(34-30(38)26-28(31)35-36-18-6-15-33-29(26)36)25-19-23-8-5-7-22(12-11-21-13-16-32-17-14-21)27(23)37(25)24-9-3-2-4-10-24/h2-10,13-18,20H,19H2,1H3,(H2-,31,34,35,38)/p+1/t20-/m0/s1. The second-order valence-corrected chi connectivity index (χ2v) is 8.98. The van der Waals surface area contributed by atoms with Gasteiger partial charge >= 0.3 is 0 Å². The lowest BCUT2D eigenvalue weighted by Crippen LogP contribution is -2.41. The van der Waals surface area contributed by atoms with E-state index in [0.717, 1.165) is 33.8 Å². The van der Waals surface area contributed by atoms with E-state index < -0.39 is 0 Å². The van der Waals surface area contributed by atoms with E-state index in [0.29, 0.717) is 12.1 Å². The smallest absolute Gasteiger partial charge is 0.259 e. The summed E-state index contributed by atoms with van der Waals surface area (Å²) in [6.07, 6.45) is 7.47. The number of hydrogen-bond acceptors (Lipinski definition) is 5. The highest BCUT2D eigenvalue weighted by molar-refractivity contribution is 6.08. The number of carbonyl (C=O) groups excluding carboxylic acids is 1. The fourth-order valence-corrected chi connectivity index (χ4v) is 4.78. The minimum Gasteiger partial charge on any atom is -0.381 e. The van der Waals surface area contributed by atoms with Crippen molar-refractivity contribution >= 4 is 34.5 Å². The Morgan fingerprint density at radius 3 is 2.66 bits per heavy atom. The van der Waals surface area contributed by atoms with Crippen molar-refractivity contribution in [3.8, 4) is 11.8 Å². The van der Waals surface area contributed by atoms with Crippen LogP contribution in [0.15, 0.2) is 91.5 Å². The number of pyridine rings is 1. The molecule has 8 heteroatoms. The number of fused-ring (bicyclic) bond motifs is 2. The van der Waals surface area contributed by atoms with Crippen LogP contribution in [-0.2, 0) is 6.42 Å². The fourth-order valence-electron chi connectivity index (χ4n) is 4.78. The Balaban J connectivity index is 1.42. The minimum atomic E-state index is -0.321. The summed E-state index contributed by atoms with van der Waals surface area (Å²) >= 11 is 0. The van der Waals surface area contributed by atoms with Crippen molar-refractivity contribution in [1.82, 2.24) is 29.5 Å². The van der Waals surface area contributed by atoms with Crippen LogP contribution >= 0.6 is 0 Å². The molecule has 2 aromatic carbocycles. The van der Waals surface area contributed by atoms with Crippen LogP contribution in [0.2, 0.25) is 0 Å². The number of nitrogens with two attached hydrogens (primary N) is 1. The molecule has 0 fully saturated rings. The molecule has 6 rings (SSSR count). The summed E-state index contributed by atoms with van der Waals surface area (Å²) in [4.78, 5) is 21.8. The Morgan fingerprint density at radius 2 is 1.84 bits per heavy atom. The van der Waals surface area contributed by atoms with E-state index in [-0.39, 0.29) is 23.3 Å². The van der Waals surface area contributed by atoms with Gasteiger partial charge in [0, 0.05) is 48.0 Å². The first-order valence-electron chi connectivity index (χ1n) is 12.2. The molecule has 0 spiro atoms. The largest absolute Gasteiger partial charge is 0.381 e. The van der Waals surface area contributed by atoms with Gasteiger partial charge in [0.15, 0.2) is 17.2 Å². The summed E-state index contributed by atoms with van der Waals surface area (Å²) in [5.74, 6) is 6.43. The van der Waals surface area contributed by atoms with E-state index in [1.54, 1.807) is 30.9 Å². The number of carbonyl (C=O) groups is 1. The van der Waals surface area contributed by atoms with Crippen molar-refractivity contribution in [1.29, 1.82) is 0 Å². The fraction of sp³-hybridized carbons (Fsp3) is 0.100. The molecular formula is C30H24N7O+. The summed E-state index contributed by atoms with van der Waals surface area (Å²) < 4.78 is 3.71. The van der Waals surface area contributed by atoms with Gasteiger partial charge < -0.3 is 11.1 Å². The third-order valence-corrected chi connectivity index (χ3v) is 6.54. The molecule has 3 aromatic heterocycles. The van der Waals surface area contributed by atoms with Gasteiger partial charge in [0.2, 0.25) is 11.4 Å². The second kappa shape index (κ2) is 9.64. The monoisotopic (exact) mass is 498 g/mol. The van der Waals surface area contributed by atoms with Gasteiger partial charge in [-0.1, -0.05) is 42.2 Å². The van der Waals surface area contributed by atoms with Crippen LogP contribution in [0.1, 0.15) is 34.0 Å². The maximum atomic E-state index is 13.4. The topological polar surface area (TPSA) is 101 Å². The van der Waals surface area contributed by atoms with Crippen LogP contribution in [0, 0.1) is 11.8 Å². The van der Waals surface area contributed by atoms with Crippen molar-refractivity contribution in [2.24, 2.45) is 0 Å². The Kier molecular flexibility index (Phi) is 5.86. The molecule has 0 radical (unpaired) electrons. The van der Waals surface area contributed by atoms with Crippen LogP contribution in [0.4, 0.5) is 17.2 Å². The van der Waals surface area contributed by atoms with E-state index in [4.69, 9.17) is 5.73 Å². The molecule has 0 saturated heterocycles. The van der Waals surface area contributed by atoms with Crippen LogP contribution in [-0.4, -0.2) is 37.2 Å². The Hall–Kier alpha value is -5.29. The van der Waals surface area contributed by atoms with Crippen molar-refractivity contribution in [3.63, 3.8) is 0 Å². The van der Waals surface area contributed by atoms with Crippen LogP contribution in [0.25, 0.3) is 5.65 Å². The summed E-state index contributed by atoms with van der Waals surface area (Å²) in [5.41, 5.74) is 12.8. The molecule has 1 atom stereocenters. The van der Waals surface area contributed by atoms with Gasteiger partial charge in [-0.2, -0.15) is 4.58 Å². The number of para-hydroxylation sites is 2. The number of nitrogens with zero attached hydrogens (tertiary/aromatic N) is 5. The highest BCUT2D eigenvalue weighted by Crippen LogP contribution is 2.34.